The van der Waals surface area contributed by atoms with Crippen LogP contribution in [0.4, 0.5) is 0 Å². The quantitative estimate of drug-likeness (QED) is 0.0868. The third kappa shape index (κ3) is 11.9. The Hall–Kier alpha value is -14.6. The Morgan fingerprint density at radius 3 is 0.758 bits per heavy atom. The van der Waals surface area contributed by atoms with Gasteiger partial charge in [-0.05, 0) is 211 Å². The van der Waals surface area contributed by atoms with Gasteiger partial charge in [0.15, 0.2) is 0 Å². The first-order chi connectivity index (χ1) is 59.0. The van der Waals surface area contributed by atoms with Crippen molar-refractivity contribution in [2.24, 2.45) is 0 Å². The highest BCUT2D eigenvalue weighted by Crippen LogP contribution is 2.51. The zero-order chi connectivity index (χ0) is 81.0. The van der Waals surface area contributed by atoms with Crippen LogP contribution in [-0.2, 0) is 12.8 Å². The van der Waals surface area contributed by atoms with Gasteiger partial charge in [-0.1, -0.05) is 307 Å². The van der Waals surface area contributed by atoms with E-state index in [1.807, 2.05) is 0 Å². The van der Waals surface area contributed by atoms with Crippen molar-refractivity contribution in [3.05, 3.63) is 426 Å². The van der Waals surface area contributed by atoms with Crippen LogP contribution in [0.2, 0.25) is 0 Å². The second-order valence-electron chi connectivity index (χ2n) is 32.0. The van der Waals surface area contributed by atoms with Crippen LogP contribution in [0.5, 0.6) is 0 Å². The summed E-state index contributed by atoms with van der Waals surface area (Å²) >= 11 is 0. The topological polar surface area (TPSA) is 115 Å². The molecule has 1 aliphatic carbocycles. The van der Waals surface area contributed by atoms with Crippen LogP contribution in [0.25, 0.3) is 155 Å². The molecule has 0 radical (unpaired) electrons. The van der Waals surface area contributed by atoms with E-state index in [4.69, 9.17) is 19.9 Å². The van der Waals surface area contributed by atoms with E-state index in [2.05, 4.69) is 391 Å². The van der Waals surface area contributed by atoms with Crippen molar-refractivity contribution in [2.45, 2.75) is 81.1 Å². The molecule has 10 heterocycles. The maximum Gasteiger partial charge on any atom is 0.0769 e. The number of aromatic amines is 4. The third-order valence-corrected chi connectivity index (χ3v) is 25.4. The van der Waals surface area contributed by atoms with E-state index in [9.17, 15) is 0 Å². The van der Waals surface area contributed by atoms with Crippen molar-refractivity contribution in [3.63, 3.8) is 0 Å². The van der Waals surface area contributed by atoms with Crippen molar-refractivity contribution in [1.82, 2.24) is 39.9 Å². The van der Waals surface area contributed by atoms with Crippen LogP contribution in [0, 0.1) is 34.7 Å². The van der Waals surface area contributed by atoms with Crippen molar-refractivity contribution in [1.29, 1.82) is 0 Å². The lowest BCUT2D eigenvalue weighted by Gasteiger charge is -2.17. The van der Waals surface area contributed by atoms with Crippen molar-refractivity contribution in [3.8, 4) is 66.8 Å². The minimum atomic E-state index is 0.753. The van der Waals surface area contributed by atoms with Crippen LogP contribution in [0.15, 0.2) is 315 Å². The van der Waals surface area contributed by atoms with Gasteiger partial charge < -0.3 is 19.9 Å². The number of nitrogens with zero attached hydrogens (tertiary/aromatic N) is 4. The molecule has 16 aromatic rings. The zero-order valence-electron chi connectivity index (χ0n) is 68.6. The number of aromatic nitrogens is 8. The lowest BCUT2D eigenvalue weighted by atomic mass is 9.86. The molecule has 21 rings (SSSR count). The van der Waals surface area contributed by atoms with Crippen molar-refractivity contribution >= 4 is 88.7 Å². The highest BCUT2D eigenvalue weighted by Gasteiger charge is 2.32. The molecule has 4 aliphatic heterocycles. The number of allylic oxidation sites excluding steroid dienone is 4. The SMILES string of the molecule is CCC1=C(C)c2nc1cc1[nH]c(cc3nc(cc4[nH]c(c(C)c4CC)c2-c2cccc4c2=c2c(-c5c6nc(cc7[nH]c(cc8nc(cc9[nH]c5c(C)c9CC)C(c5ccccc5)=C8c5ccccc5)c(-c5ccccc5)c7-c5ccccc5)C(CC)=C6C)cccc2=4)C(c2ccccc2)=C3c2ccccc2)c(-c2ccccc2)c1-c1ccccc1. The highest BCUT2D eigenvalue weighted by molar-refractivity contribution is 6.12. The predicted octanol–water partition coefficient (Wildman–Crippen LogP) is 28.3. The molecule has 5 aliphatic rings. The van der Waals surface area contributed by atoms with Crippen LogP contribution >= 0.6 is 0 Å². The van der Waals surface area contributed by atoms with Gasteiger partial charge in [0, 0.05) is 88.8 Å². The van der Waals surface area contributed by atoms with Gasteiger partial charge >= 0.3 is 0 Å². The molecule has 0 saturated heterocycles. The molecule has 120 heavy (non-hydrogen) atoms. The first-order valence-electron chi connectivity index (χ1n) is 42.3. The number of benzene rings is 10. The summed E-state index contributed by atoms with van der Waals surface area (Å²) in [7, 11) is 0. The van der Waals surface area contributed by atoms with Gasteiger partial charge in [-0.25, -0.2) is 19.9 Å². The fraction of sp³-hybridized carbons (Fsp3) is 0.107. The van der Waals surface area contributed by atoms with Crippen LogP contribution in [-0.4, -0.2) is 39.9 Å². The maximum absolute atomic E-state index is 6.12. The number of fused-ring (bicyclic) bond motifs is 18. The van der Waals surface area contributed by atoms with E-state index in [0.717, 1.165) is 238 Å². The first-order valence-corrected chi connectivity index (χ1v) is 42.3. The molecule has 0 saturated carbocycles. The van der Waals surface area contributed by atoms with Gasteiger partial charge in [0.05, 0.1) is 56.6 Å². The molecule has 0 fully saturated rings. The monoisotopic (exact) mass is 1540 g/mol. The van der Waals surface area contributed by atoms with Gasteiger partial charge in [0.2, 0.25) is 0 Å². The van der Waals surface area contributed by atoms with Crippen LogP contribution in [0.1, 0.15) is 144 Å². The zero-order valence-corrected chi connectivity index (χ0v) is 68.6. The highest BCUT2D eigenvalue weighted by atomic mass is 14.8. The van der Waals surface area contributed by atoms with E-state index in [1.54, 1.807) is 0 Å². The predicted molar refractivity (Wildman–Crippen MR) is 500 cm³/mol. The van der Waals surface area contributed by atoms with Gasteiger partial charge in [-0.2, -0.15) is 0 Å². The van der Waals surface area contributed by atoms with Gasteiger partial charge in [-0.3, -0.25) is 0 Å². The summed E-state index contributed by atoms with van der Waals surface area (Å²) < 4.78 is 0. The standard InChI is InChI=1S/C112H88N8/c1-9-77-65(5)109-107(110-66(6)78(10-2)86(118-110)60-90-98(70-41-23-14-24-42-70)102(74-49-31-18-32-50-74)94(114-90)63-93-101(73-47-29-17-30-48-73)97(69-39-21-13-22-40-69)89(113-93)59-85(77)117-109)83-57-37-55-81-82-56-38-58-84(106(82)105(81)83)108-111-67(7)79(11-3)87(119-111)61-91-99(71-43-25-15-26-44-71)103(75-51-33-19-34-52-75)95(115-91)64-96-104(76-53-35-20-36-54-76)100(72-45-27-16-28-46-72)92(116-96)62-88-80(12-4)68(8)112(108)120-88/h13-64,113,115,118,120H,9-12H2,1-8H3. The average molecular weight is 1550 g/mol. The summed E-state index contributed by atoms with van der Waals surface area (Å²) in [5.41, 5.74) is 46.2. The fourth-order valence-corrected chi connectivity index (χ4v) is 20.0. The Balaban J connectivity index is 0.921. The molecule has 0 amide bonds. The van der Waals surface area contributed by atoms with Crippen LogP contribution in [0.3, 0.4) is 0 Å². The minimum absolute atomic E-state index is 0.753. The normalized spacial score (nSPS) is 13.0. The Kier molecular flexibility index (Phi) is 18.2. The Labute approximate surface area is 698 Å². The number of rotatable bonds is 14. The number of H-pyrrole nitrogens is 4. The summed E-state index contributed by atoms with van der Waals surface area (Å²) in [4.78, 5) is 40.9. The summed E-state index contributed by atoms with van der Waals surface area (Å²) in [6.45, 7) is 18.4. The maximum atomic E-state index is 6.12. The summed E-state index contributed by atoms with van der Waals surface area (Å²) in [6, 6.07) is 115. The van der Waals surface area contributed by atoms with E-state index >= 15 is 0 Å². The molecule has 8 heteroatoms. The molecule has 10 aromatic carbocycles. The molecule has 576 valence electrons. The number of nitrogens with one attached hydrogen (secondary N) is 4. The van der Waals surface area contributed by atoms with Gasteiger partial charge in [-0.15, -0.1) is 0 Å². The molecule has 0 atom stereocenters. The third-order valence-electron chi connectivity index (χ3n) is 25.4. The molecule has 0 spiro atoms. The second kappa shape index (κ2) is 29.8. The molecule has 16 bridgehead atoms. The lowest BCUT2D eigenvalue weighted by Crippen LogP contribution is -2.01. The van der Waals surface area contributed by atoms with E-state index < -0.39 is 0 Å². The van der Waals surface area contributed by atoms with E-state index in [0.29, 0.717) is 0 Å². The number of hydrogen-bond donors (Lipinski definition) is 4. The number of aryl methyl sites for hydroxylation is 4. The lowest BCUT2D eigenvalue weighted by molar-refractivity contribution is 1.14. The summed E-state index contributed by atoms with van der Waals surface area (Å²) in [5.74, 6) is 0. The minimum Gasteiger partial charge on any atom is -0.354 e. The van der Waals surface area contributed by atoms with Crippen molar-refractivity contribution < 1.29 is 0 Å². The largest absolute Gasteiger partial charge is 0.354 e. The molecule has 8 nitrogen and oxygen atoms in total. The van der Waals surface area contributed by atoms with E-state index in [1.165, 1.54) is 54.3 Å². The second-order valence-corrected chi connectivity index (χ2v) is 32.0. The van der Waals surface area contributed by atoms with Crippen LogP contribution < -0.4 is 0 Å². The van der Waals surface area contributed by atoms with Gasteiger partial charge in [0.1, 0.15) is 0 Å². The summed E-state index contributed by atoms with van der Waals surface area (Å²) in [6.07, 6.45) is 3.04. The van der Waals surface area contributed by atoms with Crippen molar-refractivity contribution in [2.75, 3.05) is 0 Å². The van der Waals surface area contributed by atoms with Gasteiger partial charge in [0.25, 0.3) is 0 Å². The molecule has 4 N–H and O–H groups in total. The Morgan fingerprint density at radius 2 is 0.492 bits per heavy atom. The number of hydrogen-bond acceptors (Lipinski definition) is 4. The smallest absolute Gasteiger partial charge is 0.0769 e. The molecule has 6 aromatic heterocycles. The first kappa shape index (κ1) is 73.1. The Morgan fingerprint density at radius 1 is 0.233 bits per heavy atom. The molecular formula is C112H88N8. The average Bonchev–Trinajstić information content (AvgIpc) is 1.15. The van der Waals surface area contributed by atoms with E-state index in [-0.39, 0.29) is 0 Å². The fourth-order valence-electron chi connectivity index (χ4n) is 20.0. The molecule has 0 unspecified atom stereocenters. The Bertz CT molecular complexity index is 7200. The molecular weight excluding hydrogens is 1460 g/mol. The summed E-state index contributed by atoms with van der Waals surface area (Å²) in [5, 5.41) is 4.71.